The van der Waals surface area contributed by atoms with Crippen molar-refractivity contribution in [1.29, 1.82) is 5.26 Å². The number of nitrogens with one attached hydrogen (secondary N) is 1. The SMILES string of the molecule is C[C@H](Nc1nc2cc(C(F)(F)F)c(Cl)cc2o1)c1nc(Cl)cnc1-c1ccc(C#N)cn1. The van der Waals surface area contributed by atoms with Gasteiger partial charge in [0.25, 0.3) is 6.01 Å². The first kappa shape index (κ1) is 21.8. The molecule has 0 spiro atoms. The summed E-state index contributed by atoms with van der Waals surface area (Å²) >= 11 is 11.8. The summed E-state index contributed by atoms with van der Waals surface area (Å²) in [6.07, 6.45) is -1.87. The highest BCUT2D eigenvalue weighted by Crippen LogP contribution is 2.38. The van der Waals surface area contributed by atoms with Crippen molar-refractivity contribution >= 4 is 40.3 Å². The van der Waals surface area contributed by atoms with Gasteiger partial charge in [-0.3, -0.25) is 4.98 Å². The van der Waals surface area contributed by atoms with Gasteiger partial charge in [0.05, 0.1) is 39.8 Å². The van der Waals surface area contributed by atoms with Crippen LogP contribution in [0.3, 0.4) is 0 Å². The summed E-state index contributed by atoms with van der Waals surface area (Å²) in [5, 5.41) is 11.5. The van der Waals surface area contributed by atoms with E-state index >= 15 is 0 Å². The second-order valence-corrected chi connectivity index (χ2v) is 7.45. The maximum absolute atomic E-state index is 13.1. The average Bonchev–Trinajstić information content (AvgIpc) is 3.13. The Morgan fingerprint density at radius 2 is 1.91 bits per heavy atom. The molecule has 0 unspecified atom stereocenters. The second kappa shape index (κ2) is 8.26. The number of benzene rings is 1. The number of nitrogens with zero attached hydrogens (tertiary/aromatic N) is 5. The number of oxazole rings is 1. The standard InChI is InChI=1S/C20H11Cl2F3N6O/c1-9(17-18(28-8-16(22)31-17)13-3-2-10(6-26)7-27-13)29-19-30-14-4-11(20(23,24)25)12(21)5-15(14)32-19/h2-5,7-9H,1H3,(H,29,30)/t9-/m0/s1. The average molecular weight is 479 g/mol. The lowest BCUT2D eigenvalue weighted by molar-refractivity contribution is -0.137. The summed E-state index contributed by atoms with van der Waals surface area (Å²) in [5.74, 6) is 0. The number of pyridine rings is 1. The maximum atomic E-state index is 13.1. The van der Waals surface area contributed by atoms with Crippen LogP contribution in [-0.2, 0) is 6.18 Å². The summed E-state index contributed by atoms with van der Waals surface area (Å²) in [6.45, 7) is 1.72. The van der Waals surface area contributed by atoms with E-state index in [4.69, 9.17) is 32.9 Å². The molecular formula is C20H11Cl2F3N6O. The zero-order valence-electron chi connectivity index (χ0n) is 16.1. The van der Waals surface area contributed by atoms with E-state index < -0.39 is 22.8 Å². The molecule has 0 saturated heterocycles. The van der Waals surface area contributed by atoms with Crippen LogP contribution in [0.5, 0.6) is 0 Å². The van der Waals surface area contributed by atoms with Crippen LogP contribution >= 0.6 is 23.2 Å². The Morgan fingerprint density at radius 3 is 2.56 bits per heavy atom. The Labute approximate surface area is 188 Å². The van der Waals surface area contributed by atoms with Gasteiger partial charge >= 0.3 is 6.18 Å². The number of alkyl halides is 3. The lowest BCUT2D eigenvalue weighted by Gasteiger charge is -2.15. The van der Waals surface area contributed by atoms with Crippen LogP contribution in [0.2, 0.25) is 10.2 Å². The summed E-state index contributed by atoms with van der Waals surface area (Å²) in [5.41, 5.74) is 0.701. The Bertz CT molecular complexity index is 1350. The molecule has 4 rings (SSSR count). The molecule has 0 bridgehead atoms. The number of aromatic nitrogens is 4. The van der Waals surface area contributed by atoms with Crippen molar-refractivity contribution in [3.63, 3.8) is 0 Å². The van der Waals surface area contributed by atoms with E-state index in [1.165, 1.54) is 12.4 Å². The minimum absolute atomic E-state index is 0.0115. The number of hydrogen-bond donors (Lipinski definition) is 1. The molecule has 162 valence electrons. The molecule has 0 aliphatic rings. The van der Waals surface area contributed by atoms with E-state index in [9.17, 15) is 13.2 Å². The highest BCUT2D eigenvalue weighted by Gasteiger charge is 2.34. The van der Waals surface area contributed by atoms with Gasteiger partial charge in [-0.25, -0.2) is 9.97 Å². The van der Waals surface area contributed by atoms with Crippen molar-refractivity contribution in [2.45, 2.75) is 19.1 Å². The van der Waals surface area contributed by atoms with Gasteiger partial charge < -0.3 is 9.73 Å². The van der Waals surface area contributed by atoms with E-state index in [-0.39, 0.29) is 22.3 Å². The van der Waals surface area contributed by atoms with Crippen molar-refractivity contribution in [3.8, 4) is 17.5 Å². The summed E-state index contributed by atoms with van der Waals surface area (Å²) in [7, 11) is 0. The largest absolute Gasteiger partial charge is 0.423 e. The Kier molecular flexibility index (Phi) is 5.62. The van der Waals surface area contributed by atoms with E-state index in [1.807, 2.05) is 6.07 Å². The normalized spacial score (nSPS) is 12.5. The van der Waals surface area contributed by atoms with Gasteiger partial charge in [0, 0.05) is 12.3 Å². The molecule has 12 heteroatoms. The van der Waals surface area contributed by atoms with Gasteiger partial charge in [0.15, 0.2) is 5.58 Å². The first-order valence-corrected chi connectivity index (χ1v) is 9.74. The molecule has 3 aromatic heterocycles. The number of hydrogen-bond acceptors (Lipinski definition) is 7. The fraction of sp³-hybridized carbons (Fsp3) is 0.150. The third kappa shape index (κ3) is 4.30. The van der Waals surface area contributed by atoms with Crippen LogP contribution in [0.25, 0.3) is 22.5 Å². The first-order valence-electron chi connectivity index (χ1n) is 8.98. The summed E-state index contributed by atoms with van der Waals surface area (Å²) in [6, 6.07) is 6.46. The van der Waals surface area contributed by atoms with Gasteiger partial charge in [-0.2, -0.15) is 23.4 Å². The quantitative estimate of drug-likeness (QED) is 0.380. The fourth-order valence-corrected chi connectivity index (χ4v) is 3.36. The highest BCUT2D eigenvalue weighted by atomic mass is 35.5. The molecule has 0 radical (unpaired) electrons. The third-order valence-electron chi connectivity index (χ3n) is 4.44. The minimum Gasteiger partial charge on any atom is -0.423 e. The molecule has 0 aliphatic heterocycles. The van der Waals surface area contributed by atoms with Crippen molar-refractivity contribution in [2.75, 3.05) is 5.32 Å². The fourth-order valence-electron chi connectivity index (χ4n) is 2.96. The highest BCUT2D eigenvalue weighted by molar-refractivity contribution is 6.32. The molecule has 1 N–H and O–H groups in total. The van der Waals surface area contributed by atoms with E-state index in [0.717, 1.165) is 12.1 Å². The Hall–Kier alpha value is -3.42. The van der Waals surface area contributed by atoms with Gasteiger partial charge in [-0.05, 0) is 25.1 Å². The molecule has 0 fully saturated rings. The van der Waals surface area contributed by atoms with Gasteiger partial charge in [-0.1, -0.05) is 23.2 Å². The monoisotopic (exact) mass is 478 g/mol. The van der Waals surface area contributed by atoms with Crippen LogP contribution in [0.1, 0.15) is 29.8 Å². The van der Waals surface area contributed by atoms with E-state index in [1.54, 1.807) is 19.1 Å². The van der Waals surface area contributed by atoms with Crippen LogP contribution in [0, 0.1) is 11.3 Å². The second-order valence-electron chi connectivity index (χ2n) is 6.65. The van der Waals surface area contributed by atoms with Crippen LogP contribution in [0.4, 0.5) is 19.2 Å². The zero-order valence-corrected chi connectivity index (χ0v) is 17.6. The van der Waals surface area contributed by atoms with Crippen molar-refractivity contribution < 1.29 is 17.6 Å². The molecule has 1 aromatic carbocycles. The van der Waals surface area contributed by atoms with Crippen LogP contribution in [0.15, 0.2) is 41.1 Å². The first-order chi connectivity index (χ1) is 15.2. The molecule has 0 saturated carbocycles. The lowest BCUT2D eigenvalue weighted by atomic mass is 10.1. The molecule has 7 nitrogen and oxygen atoms in total. The molecule has 0 aliphatic carbocycles. The number of nitriles is 1. The van der Waals surface area contributed by atoms with E-state index in [2.05, 4.69) is 25.3 Å². The molecule has 0 amide bonds. The van der Waals surface area contributed by atoms with E-state index in [0.29, 0.717) is 22.6 Å². The number of fused-ring (bicyclic) bond motifs is 1. The van der Waals surface area contributed by atoms with Gasteiger partial charge in [0.2, 0.25) is 0 Å². The predicted octanol–water partition coefficient (Wildman–Crippen LogP) is 6.05. The zero-order chi connectivity index (χ0) is 23.0. The molecule has 4 aromatic rings. The Morgan fingerprint density at radius 1 is 1.12 bits per heavy atom. The lowest BCUT2D eigenvalue weighted by Crippen LogP contribution is -2.12. The number of halogens is 5. The number of anilines is 1. The van der Waals surface area contributed by atoms with Gasteiger partial charge in [-0.15, -0.1) is 0 Å². The molecule has 1 atom stereocenters. The number of rotatable bonds is 4. The van der Waals surface area contributed by atoms with Crippen LogP contribution < -0.4 is 5.32 Å². The third-order valence-corrected chi connectivity index (χ3v) is 4.93. The summed E-state index contributed by atoms with van der Waals surface area (Å²) < 4.78 is 44.8. The maximum Gasteiger partial charge on any atom is 0.417 e. The van der Waals surface area contributed by atoms with Crippen molar-refractivity contribution in [1.82, 2.24) is 19.9 Å². The molecule has 32 heavy (non-hydrogen) atoms. The van der Waals surface area contributed by atoms with Gasteiger partial charge in [0.1, 0.15) is 22.4 Å². The van der Waals surface area contributed by atoms with Crippen molar-refractivity contribution in [2.24, 2.45) is 0 Å². The molecule has 3 heterocycles. The minimum atomic E-state index is -4.62. The van der Waals surface area contributed by atoms with Crippen LogP contribution in [-0.4, -0.2) is 19.9 Å². The predicted molar refractivity (Wildman–Crippen MR) is 111 cm³/mol. The van der Waals surface area contributed by atoms with Crippen molar-refractivity contribution in [3.05, 3.63) is 63.7 Å². The topological polar surface area (TPSA) is 101 Å². The smallest absolute Gasteiger partial charge is 0.417 e. The summed E-state index contributed by atoms with van der Waals surface area (Å²) in [4.78, 5) is 16.9. The Balaban J connectivity index is 1.68. The molecular weight excluding hydrogens is 468 g/mol.